The molecular weight excluding hydrogens is 292 g/mol. The molecule has 0 bridgehead atoms. The number of aliphatic hydroxyl groups excluding tert-OH is 1. The molecule has 0 amide bonds. The molecule has 2 aromatic heterocycles. The number of aromatic amines is 1. The zero-order chi connectivity index (χ0) is 15.8. The summed E-state index contributed by atoms with van der Waals surface area (Å²) in [6.45, 7) is 0. The zero-order valence-electron chi connectivity index (χ0n) is 12.5. The maximum Gasteiger partial charge on any atom is 0.222 e. The third-order valence-electron chi connectivity index (χ3n) is 4.33. The van der Waals surface area contributed by atoms with Crippen LogP contribution in [0, 0.1) is 0 Å². The van der Waals surface area contributed by atoms with E-state index in [0.717, 1.165) is 41.4 Å². The van der Waals surface area contributed by atoms with Gasteiger partial charge in [0.1, 0.15) is 5.82 Å². The molecule has 118 valence electrons. The van der Waals surface area contributed by atoms with Crippen molar-refractivity contribution in [2.24, 2.45) is 0 Å². The highest BCUT2D eigenvalue weighted by atomic mass is 16.3. The Hall–Kier alpha value is -2.67. The van der Waals surface area contributed by atoms with Crippen LogP contribution in [-0.2, 0) is 0 Å². The van der Waals surface area contributed by atoms with Gasteiger partial charge >= 0.3 is 0 Å². The molecule has 1 fully saturated rings. The third-order valence-corrected chi connectivity index (χ3v) is 4.33. The van der Waals surface area contributed by atoms with Crippen LogP contribution in [0.15, 0.2) is 30.5 Å². The molecule has 0 spiro atoms. The van der Waals surface area contributed by atoms with Gasteiger partial charge in [-0.3, -0.25) is 5.10 Å². The molecule has 3 aromatic rings. The minimum atomic E-state index is -0.342. The molecule has 2 atom stereocenters. The van der Waals surface area contributed by atoms with Crippen molar-refractivity contribution < 1.29 is 5.11 Å². The standard InChI is InChI=1S/C16H18N6O/c17-16-20-13-8-9(11-6-7-18-22-11)4-5-10(13)15(21-16)19-12-2-1-3-14(12)23/h4-8,12,14,23H,1-3H2,(H,18,22)(H3,17,19,20,21)/t12-,14+/m1/s1. The van der Waals surface area contributed by atoms with Crippen LogP contribution in [0.2, 0.25) is 0 Å². The second-order valence-corrected chi connectivity index (χ2v) is 5.88. The lowest BCUT2D eigenvalue weighted by molar-refractivity contribution is 0.171. The maximum absolute atomic E-state index is 10.0. The first-order valence-electron chi connectivity index (χ1n) is 7.72. The van der Waals surface area contributed by atoms with E-state index in [4.69, 9.17) is 5.73 Å². The van der Waals surface area contributed by atoms with Crippen LogP contribution in [0.5, 0.6) is 0 Å². The molecule has 0 unspecified atom stereocenters. The van der Waals surface area contributed by atoms with Crippen LogP contribution in [-0.4, -0.2) is 37.4 Å². The van der Waals surface area contributed by atoms with E-state index in [1.807, 2.05) is 24.3 Å². The number of aliphatic hydroxyl groups is 1. The molecule has 7 heteroatoms. The van der Waals surface area contributed by atoms with E-state index >= 15 is 0 Å². The average Bonchev–Trinajstić information content (AvgIpc) is 3.19. The number of nitrogen functional groups attached to an aromatic ring is 1. The van der Waals surface area contributed by atoms with Crippen LogP contribution in [0.25, 0.3) is 22.2 Å². The minimum Gasteiger partial charge on any atom is -0.391 e. The summed E-state index contributed by atoms with van der Waals surface area (Å²) >= 11 is 0. The first-order chi connectivity index (χ1) is 11.2. The number of nitrogens with zero attached hydrogens (tertiary/aromatic N) is 3. The largest absolute Gasteiger partial charge is 0.391 e. The number of H-pyrrole nitrogens is 1. The summed E-state index contributed by atoms with van der Waals surface area (Å²) in [5, 5.41) is 21.1. The number of anilines is 2. The smallest absolute Gasteiger partial charge is 0.222 e. The highest BCUT2D eigenvalue weighted by Gasteiger charge is 2.26. The first kappa shape index (κ1) is 14.0. The molecule has 1 aliphatic rings. The van der Waals surface area contributed by atoms with Gasteiger partial charge in [-0.15, -0.1) is 0 Å². The van der Waals surface area contributed by atoms with E-state index in [-0.39, 0.29) is 18.1 Å². The van der Waals surface area contributed by atoms with Gasteiger partial charge in [-0.1, -0.05) is 6.07 Å². The fourth-order valence-electron chi connectivity index (χ4n) is 3.13. The monoisotopic (exact) mass is 310 g/mol. The highest BCUT2D eigenvalue weighted by Crippen LogP contribution is 2.29. The summed E-state index contributed by atoms with van der Waals surface area (Å²) in [4.78, 5) is 8.65. The SMILES string of the molecule is Nc1nc(N[C@@H]2CCC[C@@H]2O)c2ccc(-c3ccn[nH]3)cc2n1. The molecule has 1 aromatic carbocycles. The zero-order valence-corrected chi connectivity index (χ0v) is 12.5. The van der Waals surface area contributed by atoms with Crippen molar-refractivity contribution in [1.29, 1.82) is 0 Å². The molecule has 7 nitrogen and oxygen atoms in total. The van der Waals surface area contributed by atoms with Gasteiger partial charge in [0.05, 0.1) is 23.4 Å². The number of nitrogens with two attached hydrogens (primary N) is 1. The van der Waals surface area contributed by atoms with Crippen molar-refractivity contribution in [1.82, 2.24) is 20.2 Å². The predicted molar refractivity (Wildman–Crippen MR) is 88.8 cm³/mol. The van der Waals surface area contributed by atoms with E-state index in [1.54, 1.807) is 6.20 Å². The maximum atomic E-state index is 10.0. The number of rotatable bonds is 3. The van der Waals surface area contributed by atoms with E-state index in [0.29, 0.717) is 5.82 Å². The van der Waals surface area contributed by atoms with Crippen molar-refractivity contribution in [2.45, 2.75) is 31.4 Å². The quantitative estimate of drug-likeness (QED) is 0.588. The second-order valence-electron chi connectivity index (χ2n) is 5.88. The predicted octanol–water partition coefficient (Wildman–Crippen LogP) is 1.93. The Balaban J connectivity index is 1.76. The number of hydrogen-bond acceptors (Lipinski definition) is 6. The van der Waals surface area contributed by atoms with Crippen molar-refractivity contribution in [3.8, 4) is 11.3 Å². The third kappa shape index (κ3) is 2.59. The number of fused-ring (bicyclic) bond motifs is 1. The number of nitrogens with one attached hydrogen (secondary N) is 2. The van der Waals surface area contributed by atoms with Crippen molar-refractivity contribution in [3.63, 3.8) is 0 Å². The van der Waals surface area contributed by atoms with Gasteiger partial charge in [0.15, 0.2) is 0 Å². The Kier molecular flexibility index (Phi) is 3.34. The summed E-state index contributed by atoms with van der Waals surface area (Å²) < 4.78 is 0. The average molecular weight is 310 g/mol. The van der Waals surface area contributed by atoms with E-state index < -0.39 is 0 Å². The summed E-state index contributed by atoms with van der Waals surface area (Å²) in [5.41, 5.74) is 8.53. The van der Waals surface area contributed by atoms with Gasteiger partial charge in [-0.25, -0.2) is 4.98 Å². The van der Waals surface area contributed by atoms with Gasteiger partial charge in [0.25, 0.3) is 0 Å². The molecule has 5 N–H and O–H groups in total. The number of hydrogen-bond donors (Lipinski definition) is 4. The second kappa shape index (κ2) is 5.51. The normalized spacial score (nSPS) is 20.9. The van der Waals surface area contributed by atoms with Crippen LogP contribution >= 0.6 is 0 Å². The lowest BCUT2D eigenvalue weighted by Crippen LogP contribution is -2.28. The Bertz CT molecular complexity index is 832. The lowest BCUT2D eigenvalue weighted by Gasteiger charge is -2.18. The minimum absolute atomic E-state index is 0.0137. The lowest BCUT2D eigenvalue weighted by atomic mass is 10.1. The Labute approximate surface area is 133 Å². The molecule has 0 radical (unpaired) electrons. The summed E-state index contributed by atoms with van der Waals surface area (Å²) in [5.74, 6) is 0.892. The summed E-state index contributed by atoms with van der Waals surface area (Å²) in [6, 6.07) is 7.83. The van der Waals surface area contributed by atoms with Gasteiger partial charge in [-0.2, -0.15) is 10.1 Å². The first-order valence-corrected chi connectivity index (χ1v) is 7.72. The van der Waals surface area contributed by atoms with Gasteiger partial charge in [-0.05, 0) is 37.5 Å². The summed E-state index contributed by atoms with van der Waals surface area (Å²) in [7, 11) is 0. The van der Waals surface area contributed by atoms with E-state index in [2.05, 4.69) is 25.5 Å². The fraction of sp³-hybridized carbons (Fsp3) is 0.312. The number of aromatic nitrogens is 4. The van der Waals surface area contributed by atoms with Gasteiger partial charge in [0.2, 0.25) is 5.95 Å². The molecule has 1 aliphatic carbocycles. The summed E-state index contributed by atoms with van der Waals surface area (Å²) in [6.07, 6.45) is 4.13. The Morgan fingerprint density at radius 2 is 2.13 bits per heavy atom. The number of benzene rings is 1. The van der Waals surface area contributed by atoms with Crippen LogP contribution in [0.4, 0.5) is 11.8 Å². The molecular formula is C16H18N6O. The van der Waals surface area contributed by atoms with E-state index in [9.17, 15) is 5.11 Å². The molecule has 0 saturated heterocycles. The van der Waals surface area contributed by atoms with E-state index in [1.165, 1.54) is 0 Å². The van der Waals surface area contributed by atoms with Crippen LogP contribution in [0.3, 0.4) is 0 Å². The molecule has 1 saturated carbocycles. The van der Waals surface area contributed by atoms with Crippen molar-refractivity contribution in [2.75, 3.05) is 11.1 Å². The molecule has 2 heterocycles. The molecule has 4 rings (SSSR count). The Morgan fingerprint density at radius 1 is 1.22 bits per heavy atom. The van der Waals surface area contributed by atoms with Crippen LogP contribution < -0.4 is 11.1 Å². The topological polar surface area (TPSA) is 113 Å². The molecule has 0 aliphatic heterocycles. The van der Waals surface area contributed by atoms with Gasteiger partial charge in [0, 0.05) is 17.1 Å². The van der Waals surface area contributed by atoms with Gasteiger partial charge < -0.3 is 16.2 Å². The Morgan fingerprint density at radius 3 is 2.87 bits per heavy atom. The van der Waals surface area contributed by atoms with Crippen molar-refractivity contribution in [3.05, 3.63) is 30.5 Å². The molecule has 23 heavy (non-hydrogen) atoms. The van der Waals surface area contributed by atoms with Crippen molar-refractivity contribution >= 4 is 22.7 Å². The van der Waals surface area contributed by atoms with Crippen LogP contribution in [0.1, 0.15) is 19.3 Å². The highest BCUT2D eigenvalue weighted by molar-refractivity contribution is 5.92. The fourth-order valence-corrected chi connectivity index (χ4v) is 3.13.